The van der Waals surface area contributed by atoms with Gasteiger partial charge in [0.15, 0.2) is 0 Å². The number of nitrogens with two attached hydrogens (primary N) is 1. The molecule has 1 amide bonds. The average Bonchev–Trinajstić information content (AvgIpc) is 2.68. The fraction of sp³-hybridized carbons (Fsp3) is 0.650. The summed E-state index contributed by atoms with van der Waals surface area (Å²) in [5.74, 6) is 0.353. The van der Waals surface area contributed by atoms with Gasteiger partial charge in [0.2, 0.25) is 15.9 Å². The fourth-order valence-corrected chi connectivity index (χ4v) is 5.79. The topological polar surface area (TPSA) is 83.7 Å². The summed E-state index contributed by atoms with van der Waals surface area (Å²) in [6, 6.07) is 9.38. The standard InChI is InChI=1S/C20H31N3O3S.ClH/c1-16(21)18-9-12-22(13-10-18)20(24)19-8-5-11-23(14-19)27(25,26)15-17-6-3-2-4-7-17;/h2-4,6-7,16,18-19H,5,8-15,21H2,1H3;1H. The van der Waals surface area contributed by atoms with E-state index in [-0.39, 0.29) is 36.0 Å². The van der Waals surface area contributed by atoms with Gasteiger partial charge < -0.3 is 10.6 Å². The number of hydrogen-bond donors (Lipinski definition) is 1. The Balaban J connectivity index is 0.00000280. The van der Waals surface area contributed by atoms with Crippen molar-refractivity contribution in [3.63, 3.8) is 0 Å². The van der Waals surface area contributed by atoms with Crippen LogP contribution in [0, 0.1) is 11.8 Å². The first-order valence-corrected chi connectivity index (χ1v) is 11.5. The lowest BCUT2D eigenvalue weighted by Gasteiger charge is -2.38. The van der Waals surface area contributed by atoms with Crippen LogP contribution in [0.15, 0.2) is 30.3 Å². The van der Waals surface area contributed by atoms with E-state index in [1.54, 1.807) is 0 Å². The van der Waals surface area contributed by atoms with Crippen molar-refractivity contribution >= 4 is 28.3 Å². The maximum atomic E-state index is 12.9. The molecule has 2 aliphatic rings. The van der Waals surface area contributed by atoms with Gasteiger partial charge in [0.05, 0.1) is 11.7 Å². The van der Waals surface area contributed by atoms with E-state index in [9.17, 15) is 13.2 Å². The van der Waals surface area contributed by atoms with Gasteiger partial charge in [-0.3, -0.25) is 4.79 Å². The zero-order chi connectivity index (χ0) is 19.4. The molecule has 2 unspecified atom stereocenters. The number of carbonyl (C=O) groups excluding carboxylic acids is 1. The molecule has 2 aliphatic heterocycles. The quantitative estimate of drug-likeness (QED) is 0.777. The monoisotopic (exact) mass is 429 g/mol. The van der Waals surface area contributed by atoms with E-state index in [1.165, 1.54) is 4.31 Å². The van der Waals surface area contributed by atoms with Crippen molar-refractivity contribution in [2.75, 3.05) is 26.2 Å². The largest absolute Gasteiger partial charge is 0.342 e. The summed E-state index contributed by atoms with van der Waals surface area (Å²) < 4.78 is 27.1. The number of likely N-dealkylation sites (tertiary alicyclic amines) is 1. The van der Waals surface area contributed by atoms with Gasteiger partial charge in [0.1, 0.15) is 0 Å². The van der Waals surface area contributed by atoms with Crippen LogP contribution in [0.25, 0.3) is 0 Å². The van der Waals surface area contributed by atoms with Gasteiger partial charge in [-0.2, -0.15) is 0 Å². The second-order valence-corrected chi connectivity index (χ2v) is 9.93. The SMILES string of the molecule is CC(N)C1CCN(C(=O)C2CCCN(S(=O)(=O)Cc3ccccc3)C2)CC1.Cl. The Morgan fingerprint density at radius 3 is 2.39 bits per heavy atom. The van der Waals surface area contributed by atoms with Gasteiger partial charge in [0.25, 0.3) is 0 Å². The number of halogens is 1. The molecule has 28 heavy (non-hydrogen) atoms. The Bertz CT molecular complexity index is 734. The molecule has 0 bridgehead atoms. The Morgan fingerprint density at radius 1 is 1.14 bits per heavy atom. The molecule has 0 radical (unpaired) electrons. The molecule has 2 N–H and O–H groups in total. The van der Waals surface area contributed by atoms with E-state index in [2.05, 4.69) is 0 Å². The Kier molecular flexibility index (Phi) is 8.30. The van der Waals surface area contributed by atoms with Crippen LogP contribution >= 0.6 is 12.4 Å². The highest BCUT2D eigenvalue weighted by Crippen LogP contribution is 2.26. The first-order chi connectivity index (χ1) is 12.9. The van der Waals surface area contributed by atoms with Crippen LogP contribution in [0.1, 0.15) is 38.2 Å². The smallest absolute Gasteiger partial charge is 0.227 e. The molecule has 2 atom stereocenters. The van der Waals surface area contributed by atoms with Crippen molar-refractivity contribution in [2.45, 2.75) is 44.4 Å². The van der Waals surface area contributed by atoms with E-state index in [0.29, 0.717) is 19.0 Å². The summed E-state index contributed by atoms with van der Waals surface area (Å²) in [5, 5.41) is 0. The summed E-state index contributed by atoms with van der Waals surface area (Å²) >= 11 is 0. The van der Waals surface area contributed by atoms with E-state index in [1.807, 2.05) is 42.2 Å². The highest BCUT2D eigenvalue weighted by atomic mass is 35.5. The van der Waals surface area contributed by atoms with Crippen LogP contribution in [0.3, 0.4) is 0 Å². The van der Waals surface area contributed by atoms with Gasteiger partial charge in [0, 0.05) is 32.2 Å². The molecular formula is C20H32ClN3O3S. The van der Waals surface area contributed by atoms with Crippen LogP contribution in [-0.4, -0.2) is 55.8 Å². The minimum Gasteiger partial charge on any atom is -0.342 e. The number of hydrogen-bond acceptors (Lipinski definition) is 4. The second kappa shape index (κ2) is 10.1. The lowest BCUT2D eigenvalue weighted by molar-refractivity contribution is -0.138. The van der Waals surface area contributed by atoms with Gasteiger partial charge in [-0.1, -0.05) is 30.3 Å². The fourth-order valence-electron chi connectivity index (χ4n) is 4.18. The number of carbonyl (C=O) groups is 1. The number of sulfonamides is 1. The Labute approximate surface area is 174 Å². The van der Waals surface area contributed by atoms with Gasteiger partial charge >= 0.3 is 0 Å². The molecule has 2 heterocycles. The first kappa shape index (κ1) is 23.1. The number of piperidine rings is 2. The van der Waals surface area contributed by atoms with Gasteiger partial charge in [-0.15, -0.1) is 12.4 Å². The van der Waals surface area contributed by atoms with Crippen molar-refractivity contribution in [1.29, 1.82) is 0 Å². The molecule has 158 valence electrons. The third-order valence-electron chi connectivity index (χ3n) is 5.91. The maximum absolute atomic E-state index is 12.9. The van der Waals surface area contributed by atoms with Crippen molar-refractivity contribution in [3.05, 3.63) is 35.9 Å². The highest BCUT2D eigenvalue weighted by molar-refractivity contribution is 7.88. The molecule has 0 aliphatic carbocycles. The van der Waals surface area contributed by atoms with Crippen LogP contribution < -0.4 is 5.73 Å². The van der Waals surface area contributed by atoms with Gasteiger partial charge in [-0.05, 0) is 44.1 Å². The Morgan fingerprint density at radius 2 is 1.79 bits per heavy atom. The summed E-state index contributed by atoms with van der Waals surface area (Å²) in [7, 11) is -3.41. The zero-order valence-electron chi connectivity index (χ0n) is 16.5. The molecule has 2 saturated heterocycles. The molecule has 0 spiro atoms. The summed E-state index contributed by atoms with van der Waals surface area (Å²) in [5.41, 5.74) is 6.77. The lowest BCUT2D eigenvalue weighted by Crippen LogP contribution is -2.49. The molecule has 8 heteroatoms. The zero-order valence-corrected chi connectivity index (χ0v) is 18.1. The van der Waals surface area contributed by atoms with Gasteiger partial charge in [-0.25, -0.2) is 12.7 Å². The normalized spacial score (nSPS) is 23.1. The molecule has 1 aromatic carbocycles. The van der Waals surface area contributed by atoms with E-state index in [4.69, 9.17) is 5.73 Å². The number of rotatable bonds is 5. The number of nitrogens with zero attached hydrogens (tertiary/aromatic N) is 2. The van der Waals surface area contributed by atoms with E-state index >= 15 is 0 Å². The van der Waals surface area contributed by atoms with E-state index < -0.39 is 10.0 Å². The van der Waals surface area contributed by atoms with Crippen LogP contribution in [0.4, 0.5) is 0 Å². The van der Waals surface area contributed by atoms with Crippen LogP contribution in [0.2, 0.25) is 0 Å². The number of amides is 1. The van der Waals surface area contributed by atoms with Crippen LogP contribution in [0.5, 0.6) is 0 Å². The first-order valence-electron chi connectivity index (χ1n) is 9.93. The predicted molar refractivity (Wildman–Crippen MR) is 114 cm³/mol. The van der Waals surface area contributed by atoms with Crippen molar-refractivity contribution in [1.82, 2.24) is 9.21 Å². The number of benzene rings is 1. The summed E-state index contributed by atoms with van der Waals surface area (Å²) in [4.78, 5) is 14.8. The second-order valence-electron chi connectivity index (χ2n) is 7.96. The van der Waals surface area contributed by atoms with Crippen molar-refractivity contribution < 1.29 is 13.2 Å². The molecule has 2 fully saturated rings. The highest BCUT2D eigenvalue weighted by Gasteiger charge is 2.35. The van der Waals surface area contributed by atoms with Crippen molar-refractivity contribution in [3.8, 4) is 0 Å². The molecule has 0 aromatic heterocycles. The minimum atomic E-state index is -3.41. The molecular weight excluding hydrogens is 398 g/mol. The third-order valence-corrected chi connectivity index (χ3v) is 7.73. The predicted octanol–water partition coefficient (Wildman–Crippen LogP) is 2.24. The summed E-state index contributed by atoms with van der Waals surface area (Å²) in [6.07, 6.45) is 3.38. The third kappa shape index (κ3) is 5.69. The lowest BCUT2D eigenvalue weighted by atomic mass is 9.89. The average molecular weight is 430 g/mol. The molecule has 0 saturated carbocycles. The Hall–Kier alpha value is -1.15. The molecule has 3 rings (SSSR count). The maximum Gasteiger partial charge on any atom is 0.227 e. The van der Waals surface area contributed by atoms with Crippen molar-refractivity contribution in [2.24, 2.45) is 17.6 Å². The van der Waals surface area contributed by atoms with Crippen LogP contribution in [-0.2, 0) is 20.6 Å². The minimum absolute atomic E-state index is 0. The molecule has 1 aromatic rings. The molecule has 6 nitrogen and oxygen atoms in total. The van der Waals surface area contributed by atoms with E-state index in [0.717, 1.165) is 44.3 Å². The summed E-state index contributed by atoms with van der Waals surface area (Å²) in [6.45, 7) is 4.31.